The van der Waals surface area contributed by atoms with Gasteiger partial charge in [-0.15, -0.1) is 0 Å². The van der Waals surface area contributed by atoms with E-state index >= 15 is 0 Å². The number of hydrogen-bond acceptors (Lipinski definition) is 4. The van der Waals surface area contributed by atoms with Crippen molar-refractivity contribution in [2.75, 3.05) is 5.32 Å². The molecule has 0 saturated heterocycles. The van der Waals surface area contributed by atoms with Gasteiger partial charge in [0.2, 0.25) is 5.91 Å². The molecule has 1 aromatic heterocycles. The van der Waals surface area contributed by atoms with Gasteiger partial charge in [0.05, 0.1) is 0 Å². The van der Waals surface area contributed by atoms with E-state index < -0.39 is 0 Å². The number of amides is 1. The number of nitriles is 1. The topological polar surface area (TPSA) is 65.8 Å². The maximum atomic E-state index is 11.0. The van der Waals surface area contributed by atoms with E-state index in [0.29, 0.717) is 11.4 Å². The Bertz CT molecular complexity index is 368. The fourth-order valence-corrected chi connectivity index (χ4v) is 1.62. The predicted octanol–water partition coefficient (Wildman–Crippen LogP) is 2.02. The van der Waals surface area contributed by atoms with Crippen molar-refractivity contribution in [1.82, 2.24) is 4.37 Å². The van der Waals surface area contributed by atoms with Gasteiger partial charge in [0.25, 0.3) is 0 Å². The van der Waals surface area contributed by atoms with E-state index in [4.69, 9.17) is 16.9 Å². The lowest BCUT2D eigenvalue weighted by Gasteiger charge is -1.97. The smallest absolute Gasteiger partial charge is 0.224 e. The molecule has 0 unspecified atom stereocenters. The SMILES string of the molecule is CCC(=O)Nc1snc(Cl)c1C#N. The zero-order valence-corrected chi connectivity index (χ0v) is 8.37. The van der Waals surface area contributed by atoms with Crippen LogP contribution >= 0.6 is 23.1 Å². The Balaban J connectivity index is 2.90. The van der Waals surface area contributed by atoms with Crippen LogP contribution in [-0.4, -0.2) is 10.3 Å². The second kappa shape index (κ2) is 4.21. The quantitative estimate of drug-likeness (QED) is 0.821. The molecule has 4 nitrogen and oxygen atoms in total. The van der Waals surface area contributed by atoms with Gasteiger partial charge in [-0.25, -0.2) is 0 Å². The van der Waals surface area contributed by atoms with Crippen LogP contribution in [0.1, 0.15) is 18.9 Å². The Kier molecular flexibility index (Phi) is 3.23. The lowest BCUT2D eigenvalue weighted by molar-refractivity contribution is -0.115. The van der Waals surface area contributed by atoms with Crippen molar-refractivity contribution in [1.29, 1.82) is 5.26 Å². The molecule has 13 heavy (non-hydrogen) atoms. The summed E-state index contributed by atoms with van der Waals surface area (Å²) in [5.74, 6) is -0.156. The number of aromatic nitrogens is 1. The molecule has 1 rings (SSSR count). The van der Waals surface area contributed by atoms with Crippen molar-refractivity contribution < 1.29 is 4.79 Å². The van der Waals surface area contributed by atoms with Crippen LogP contribution in [0.15, 0.2) is 0 Å². The third kappa shape index (κ3) is 2.17. The fourth-order valence-electron chi connectivity index (χ4n) is 0.668. The first-order valence-corrected chi connectivity index (χ1v) is 4.69. The van der Waals surface area contributed by atoms with Crippen molar-refractivity contribution >= 4 is 34.0 Å². The van der Waals surface area contributed by atoms with Crippen molar-refractivity contribution in [2.45, 2.75) is 13.3 Å². The van der Waals surface area contributed by atoms with E-state index in [1.165, 1.54) is 0 Å². The molecule has 0 aromatic carbocycles. The van der Waals surface area contributed by atoms with Crippen LogP contribution in [0, 0.1) is 11.3 Å². The van der Waals surface area contributed by atoms with Gasteiger partial charge in [-0.2, -0.15) is 9.64 Å². The Morgan fingerprint density at radius 2 is 2.54 bits per heavy atom. The number of halogens is 1. The van der Waals surface area contributed by atoms with Gasteiger partial charge in [0.15, 0.2) is 5.15 Å². The van der Waals surface area contributed by atoms with Crippen LogP contribution in [-0.2, 0) is 4.79 Å². The van der Waals surface area contributed by atoms with Gasteiger partial charge in [-0.05, 0) is 11.5 Å². The first-order valence-electron chi connectivity index (χ1n) is 3.54. The van der Waals surface area contributed by atoms with Crippen molar-refractivity contribution in [3.63, 3.8) is 0 Å². The molecule has 0 spiro atoms. The largest absolute Gasteiger partial charge is 0.315 e. The summed E-state index contributed by atoms with van der Waals surface area (Å²) >= 11 is 6.61. The first kappa shape index (κ1) is 9.96. The summed E-state index contributed by atoms with van der Waals surface area (Å²) in [5, 5.41) is 11.8. The molecule has 0 radical (unpaired) electrons. The highest BCUT2D eigenvalue weighted by atomic mass is 35.5. The standard InChI is InChI=1S/C7H6ClN3OS/c1-2-5(12)10-7-4(3-9)6(8)11-13-7/h2H2,1H3,(H,10,12). The minimum Gasteiger partial charge on any atom is -0.315 e. The summed E-state index contributed by atoms with van der Waals surface area (Å²) in [6.07, 6.45) is 0.361. The molecule has 0 bridgehead atoms. The molecule has 0 atom stereocenters. The number of rotatable bonds is 2. The molecule has 1 amide bonds. The predicted molar refractivity (Wildman–Crippen MR) is 50.8 cm³/mol. The summed E-state index contributed by atoms with van der Waals surface area (Å²) in [4.78, 5) is 11.0. The molecule has 6 heteroatoms. The second-order valence-corrected chi connectivity index (χ2v) is 3.32. The van der Waals surface area contributed by atoms with E-state index in [1.54, 1.807) is 6.92 Å². The van der Waals surface area contributed by atoms with E-state index in [-0.39, 0.29) is 16.6 Å². The highest BCUT2D eigenvalue weighted by Crippen LogP contribution is 2.27. The van der Waals surface area contributed by atoms with Gasteiger partial charge < -0.3 is 5.32 Å². The van der Waals surface area contributed by atoms with Gasteiger partial charge in [0, 0.05) is 6.42 Å². The van der Waals surface area contributed by atoms with Crippen LogP contribution in [0.5, 0.6) is 0 Å². The first-order chi connectivity index (χ1) is 6.19. The molecule has 1 heterocycles. The molecular weight excluding hydrogens is 210 g/mol. The number of nitrogens with zero attached hydrogens (tertiary/aromatic N) is 2. The zero-order valence-electron chi connectivity index (χ0n) is 6.80. The van der Waals surface area contributed by atoms with Crippen molar-refractivity contribution in [3.05, 3.63) is 10.7 Å². The third-order valence-corrected chi connectivity index (χ3v) is 2.47. The minimum atomic E-state index is -0.156. The summed E-state index contributed by atoms with van der Waals surface area (Å²) in [7, 11) is 0. The Hall–Kier alpha value is -1.12. The van der Waals surface area contributed by atoms with Gasteiger partial charge in [-0.1, -0.05) is 18.5 Å². The van der Waals surface area contributed by atoms with Crippen molar-refractivity contribution in [3.8, 4) is 6.07 Å². The average molecular weight is 216 g/mol. The Morgan fingerprint density at radius 1 is 1.85 bits per heavy atom. The Morgan fingerprint density at radius 3 is 3.08 bits per heavy atom. The van der Waals surface area contributed by atoms with Crippen LogP contribution in [0.2, 0.25) is 5.15 Å². The van der Waals surface area contributed by atoms with Gasteiger partial charge >= 0.3 is 0 Å². The highest BCUT2D eigenvalue weighted by molar-refractivity contribution is 7.11. The number of carbonyl (C=O) groups is 1. The molecular formula is C7H6ClN3OS. The summed E-state index contributed by atoms with van der Waals surface area (Å²) < 4.78 is 3.74. The number of anilines is 1. The Labute approximate surface area is 84.3 Å². The molecule has 0 aliphatic rings. The highest BCUT2D eigenvalue weighted by Gasteiger charge is 2.12. The molecule has 68 valence electrons. The maximum Gasteiger partial charge on any atom is 0.224 e. The molecule has 0 aliphatic carbocycles. The van der Waals surface area contributed by atoms with Crippen molar-refractivity contribution in [2.24, 2.45) is 0 Å². The van der Waals surface area contributed by atoms with Gasteiger partial charge in [0.1, 0.15) is 16.6 Å². The van der Waals surface area contributed by atoms with E-state index in [0.717, 1.165) is 11.5 Å². The number of hydrogen-bond donors (Lipinski definition) is 1. The maximum absolute atomic E-state index is 11.0. The van der Waals surface area contributed by atoms with E-state index in [9.17, 15) is 4.79 Å². The summed E-state index contributed by atoms with van der Waals surface area (Å²) in [6, 6.07) is 1.87. The number of nitrogens with one attached hydrogen (secondary N) is 1. The number of carbonyl (C=O) groups excluding carboxylic acids is 1. The van der Waals surface area contributed by atoms with Crippen LogP contribution in [0.4, 0.5) is 5.00 Å². The van der Waals surface area contributed by atoms with E-state index in [2.05, 4.69) is 9.69 Å². The average Bonchev–Trinajstić information content (AvgIpc) is 2.46. The summed E-state index contributed by atoms with van der Waals surface area (Å²) in [5.41, 5.74) is 0.230. The van der Waals surface area contributed by atoms with Crippen LogP contribution < -0.4 is 5.32 Å². The van der Waals surface area contributed by atoms with Gasteiger partial charge in [-0.3, -0.25) is 4.79 Å². The fraction of sp³-hybridized carbons (Fsp3) is 0.286. The molecule has 0 fully saturated rings. The lowest BCUT2D eigenvalue weighted by atomic mass is 10.3. The van der Waals surface area contributed by atoms with E-state index in [1.807, 2.05) is 6.07 Å². The third-order valence-electron chi connectivity index (χ3n) is 1.34. The zero-order chi connectivity index (χ0) is 9.84. The lowest BCUT2D eigenvalue weighted by Crippen LogP contribution is -2.08. The molecule has 0 saturated carbocycles. The minimum absolute atomic E-state index is 0.138. The monoisotopic (exact) mass is 215 g/mol. The second-order valence-electron chi connectivity index (χ2n) is 2.19. The molecule has 0 aliphatic heterocycles. The van der Waals surface area contributed by atoms with Crippen LogP contribution in [0.3, 0.4) is 0 Å². The summed E-state index contributed by atoms with van der Waals surface area (Å²) in [6.45, 7) is 1.73. The molecule has 1 aromatic rings. The normalized spacial score (nSPS) is 9.31. The van der Waals surface area contributed by atoms with Crippen LogP contribution in [0.25, 0.3) is 0 Å². The molecule has 1 N–H and O–H groups in total.